The Labute approximate surface area is 125 Å². The second-order valence-electron chi connectivity index (χ2n) is 4.31. The Balaban J connectivity index is 2.23. The third-order valence-electron chi connectivity index (χ3n) is 2.77. The van der Waals surface area contributed by atoms with Crippen LogP contribution in [0, 0.1) is 5.82 Å². The van der Waals surface area contributed by atoms with Gasteiger partial charge in [-0.2, -0.15) is 0 Å². The summed E-state index contributed by atoms with van der Waals surface area (Å²) >= 11 is 3.22. The van der Waals surface area contributed by atoms with Gasteiger partial charge in [-0.05, 0) is 42.8 Å². The number of rotatable bonds is 5. The molecule has 0 saturated carbocycles. The number of Topliss-reactive ketones (excluding diaryl/α,β-unsaturated/α-hetero) is 1. The zero-order chi connectivity index (χ0) is 14.5. The van der Waals surface area contributed by atoms with Crippen molar-refractivity contribution >= 4 is 21.7 Å². The summed E-state index contributed by atoms with van der Waals surface area (Å²) < 4.78 is 19.4. The van der Waals surface area contributed by atoms with Gasteiger partial charge in [0.25, 0.3) is 0 Å². The Morgan fingerprint density at radius 2 is 2.00 bits per heavy atom. The van der Waals surface area contributed by atoms with E-state index in [4.69, 9.17) is 4.74 Å². The Bertz CT molecular complexity index is 605. The van der Waals surface area contributed by atoms with Crippen molar-refractivity contribution in [3.63, 3.8) is 0 Å². The number of carbonyl (C=O) groups is 1. The zero-order valence-electron chi connectivity index (χ0n) is 11.0. The molecule has 4 heteroatoms. The van der Waals surface area contributed by atoms with Crippen LogP contribution in [0.5, 0.6) is 5.75 Å². The fraction of sp³-hybridized carbons (Fsp3) is 0.188. The number of para-hydroxylation sites is 1. The van der Waals surface area contributed by atoms with Crippen LogP contribution in [0.4, 0.5) is 4.39 Å². The van der Waals surface area contributed by atoms with Crippen LogP contribution in [0.25, 0.3) is 0 Å². The average Bonchev–Trinajstić information content (AvgIpc) is 2.38. The highest BCUT2D eigenvalue weighted by Crippen LogP contribution is 2.21. The summed E-state index contributed by atoms with van der Waals surface area (Å²) in [5.74, 6) is 0.113. The van der Waals surface area contributed by atoms with E-state index in [9.17, 15) is 9.18 Å². The second-order valence-corrected chi connectivity index (χ2v) is 5.22. The number of ketones is 1. The Morgan fingerprint density at radius 3 is 2.70 bits per heavy atom. The first-order chi connectivity index (χ1) is 9.60. The third-order valence-corrected chi connectivity index (χ3v) is 3.23. The molecular formula is C16H14BrFO2. The highest BCUT2D eigenvalue weighted by Gasteiger charge is 2.13. The lowest BCUT2D eigenvalue weighted by Crippen LogP contribution is -2.07. The monoisotopic (exact) mass is 336 g/mol. The van der Waals surface area contributed by atoms with Crippen LogP contribution in [0.3, 0.4) is 0 Å². The minimum Gasteiger partial charge on any atom is -0.493 e. The van der Waals surface area contributed by atoms with Crippen molar-refractivity contribution in [2.75, 3.05) is 6.61 Å². The molecule has 2 aromatic rings. The summed E-state index contributed by atoms with van der Waals surface area (Å²) in [6.07, 6.45) is 0.139. The lowest BCUT2D eigenvalue weighted by Gasteiger charge is -2.09. The highest BCUT2D eigenvalue weighted by atomic mass is 79.9. The maximum Gasteiger partial charge on any atom is 0.170 e. The molecule has 0 aromatic heterocycles. The van der Waals surface area contributed by atoms with Gasteiger partial charge < -0.3 is 4.74 Å². The van der Waals surface area contributed by atoms with Crippen molar-refractivity contribution in [3.8, 4) is 5.75 Å². The summed E-state index contributed by atoms with van der Waals surface area (Å²) in [5.41, 5.74) is 1.16. The van der Waals surface area contributed by atoms with E-state index in [1.807, 2.05) is 13.0 Å². The van der Waals surface area contributed by atoms with Crippen molar-refractivity contribution < 1.29 is 13.9 Å². The fourth-order valence-corrected chi connectivity index (χ4v) is 2.48. The van der Waals surface area contributed by atoms with E-state index < -0.39 is 0 Å². The van der Waals surface area contributed by atoms with E-state index in [0.29, 0.717) is 28.0 Å². The van der Waals surface area contributed by atoms with Crippen LogP contribution >= 0.6 is 15.9 Å². The standard InChI is InChI=1S/C16H14BrFO2/c1-2-20-16-6-4-3-5-14(16)15(19)9-11-7-12(17)10-13(18)8-11/h3-8,10H,2,9H2,1H3. The van der Waals surface area contributed by atoms with E-state index in [1.54, 1.807) is 24.3 Å². The van der Waals surface area contributed by atoms with Crippen LogP contribution < -0.4 is 4.74 Å². The Morgan fingerprint density at radius 1 is 1.25 bits per heavy atom. The van der Waals surface area contributed by atoms with Gasteiger partial charge in [0.15, 0.2) is 5.78 Å². The molecule has 2 aromatic carbocycles. The molecule has 0 radical (unpaired) electrons. The second kappa shape index (κ2) is 6.66. The largest absolute Gasteiger partial charge is 0.493 e. The van der Waals surface area contributed by atoms with Crippen LogP contribution in [-0.2, 0) is 6.42 Å². The number of ether oxygens (including phenoxy) is 1. The Kier molecular flexibility index (Phi) is 4.90. The topological polar surface area (TPSA) is 26.3 Å². The molecule has 0 aliphatic heterocycles. The van der Waals surface area contributed by atoms with Gasteiger partial charge in [-0.15, -0.1) is 0 Å². The first kappa shape index (κ1) is 14.7. The smallest absolute Gasteiger partial charge is 0.170 e. The number of hydrogen-bond donors (Lipinski definition) is 0. The van der Waals surface area contributed by atoms with Crippen LogP contribution in [0.15, 0.2) is 46.9 Å². The minimum absolute atomic E-state index is 0.0912. The number of benzene rings is 2. The zero-order valence-corrected chi connectivity index (χ0v) is 12.6. The first-order valence-corrected chi connectivity index (χ1v) is 7.09. The molecule has 20 heavy (non-hydrogen) atoms. The van der Waals surface area contributed by atoms with Crippen molar-refractivity contribution in [3.05, 3.63) is 63.9 Å². The van der Waals surface area contributed by atoms with Crippen LogP contribution in [-0.4, -0.2) is 12.4 Å². The van der Waals surface area contributed by atoms with Crippen LogP contribution in [0.2, 0.25) is 0 Å². The normalized spacial score (nSPS) is 10.3. The van der Waals surface area contributed by atoms with Gasteiger partial charge in [-0.1, -0.05) is 28.1 Å². The number of carbonyl (C=O) groups excluding carboxylic acids is 1. The van der Waals surface area contributed by atoms with E-state index >= 15 is 0 Å². The summed E-state index contributed by atoms with van der Waals surface area (Å²) in [4.78, 5) is 12.3. The van der Waals surface area contributed by atoms with Gasteiger partial charge in [0.1, 0.15) is 11.6 Å². The molecule has 0 heterocycles. The van der Waals surface area contributed by atoms with E-state index in [1.165, 1.54) is 12.1 Å². The van der Waals surface area contributed by atoms with Gasteiger partial charge in [-0.25, -0.2) is 4.39 Å². The van der Waals surface area contributed by atoms with Gasteiger partial charge in [-0.3, -0.25) is 4.79 Å². The van der Waals surface area contributed by atoms with Crippen molar-refractivity contribution in [2.24, 2.45) is 0 Å². The van der Waals surface area contributed by atoms with Gasteiger partial charge in [0.05, 0.1) is 12.2 Å². The molecular weight excluding hydrogens is 323 g/mol. The maximum atomic E-state index is 13.3. The predicted molar refractivity (Wildman–Crippen MR) is 79.7 cm³/mol. The van der Waals surface area contributed by atoms with Gasteiger partial charge in [0, 0.05) is 10.9 Å². The minimum atomic E-state index is -0.361. The molecule has 0 spiro atoms. The molecule has 0 fully saturated rings. The average molecular weight is 337 g/mol. The molecule has 2 nitrogen and oxygen atoms in total. The van der Waals surface area contributed by atoms with Crippen molar-refractivity contribution in [1.29, 1.82) is 0 Å². The molecule has 0 unspecified atom stereocenters. The molecule has 0 aliphatic carbocycles. The third kappa shape index (κ3) is 3.67. The molecule has 2 rings (SSSR count). The molecule has 0 bridgehead atoms. The SMILES string of the molecule is CCOc1ccccc1C(=O)Cc1cc(F)cc(Br)c1. The summed E-state index contributed by atoms with van der Waals surface area (Å²) in [5, 5.41) is 0. The Hall–Kier alpha value is -1.68. The fourth-order valence-electron chi connectivity index (χ4n) is 1.97. The molecule has 0 N–H and O–H groups in total. The number of halogens is 2. The lowest BCUT2D eigenvalue weighted by molar-refractivity contribution is 0.0989. The number of hydrogen-bond acceptors (Lipinski definition) is 2. The molecule has 104 valence electrons. The summed E-state index contributed by atoms with van der Waals surface area (Å²) in [6, 6.07) is 11.6. The summed E-state index contributed by atoms with van der Waals surface area (Å²) in [6.45, 7) is 2.36. The first-order valence-electron chi connectivity index (χ1n) is 6.30. The molecule has 0 atom stereocenters. The quantitative estimate of drug-likeness (QED) is 0.756. The van der Waals surface area contributed by atoms with E-state index in [-0.39, 0.29) is 18.0 Å². The van der Waals surface area contributed by atoms with Crippen molar-refractivity contribution in [2.45, 2.75) is 13.3 Å². The molecule has 0 amide bonds. The molecule has 0 aliphatic rings. The predicted octanol–water partition coefficient (Wildman–Crippen LogP) is 4.41. The van der Waals surface area contributed by atoms with Gasteiger partial charge >= 0.3 is 0 Å². The summed E-state index contributed by atoms with van der Waals surface area (Å²) in [7, 11) is 0. The van der Waals surface area contributed by atoms with Crippen LogP contribution in [0.1, 0.15) is 22.8 Å². The van der Waals surface area contributed by atoms with Crippen molar-refractivity contribution in [1.82, 2.24) is 0 Å². The maximum absolute atomic E-state index is 13.3. The van der Waals surface area contributed by atoms with E-state index in [0.717, 1.165) is 0 Å². The van der Waals surface area contributed by atoms with Gasteiger partial charge in [0.2, 0.25) is 0 Å². The highest BCUT2D eigenvalue weighted by molar-refractivity contribution is 9.10. The molecule has 0 saturated heterocycles. The van der Waals surface area contributed by atoms with E-state index in [2.05, 4.69) is 15.9 Å². The lowest BCUT2D eigenvalue weighted by atomic mass is 10.0.